The van der Waals surface area contributed by atoms with Gasteiger partial charge < -0.3 is 10.4 Å². The van der Waals surface area contributed by atoms with Crippen molar-refractivity contribution in [3.8, 4) is 0 Å². The number of thiophene rings is 1. The molecule has 1 heterocycles. The zero-order valence-corrected chi connectivity index (χ0v) is 11.7. The SMILES string of the molecule is O=C(NC[C@@]1(O)CCc2ccccc21)Nc1cccs1. The van der Waals surface area contributed by atoms with Gasteiger partial charge in [-0.25, -0.2) is 4.79 Å². The number of fused-ring (bicyclic) bond motifs is 1. The van der Waals surface area contributed by atoms with Crippen LogP contribution in [0.4, 0.5) is 9.80 Å². The van der Waals surface area contributed by atoms with E-state index in [2.05, 4.69) is 10.6 Å². The Bertz CT molecular complexity index is 612. The summed E-state index contributed by atoms with van der Waals surface area (Å²) in [7, 11) is 0. The predicted octanol–water partition coefficient (Wildman–Crippen LogP) is 2.70. The zero-order valence-electron chi connectivity index (χ0n) is 10.9. The quantitative estimate of drug-likeness (QED) is 0.813. The van der Waals surface area contributed by atoms with Crippen molar-refractivity contribution >= 4 is 22.4 Å². The Morgan fingerprint density at radius 2 is 2.15 bits per heavy atom. The number of aryl methyl sites for hydroxylation is 1. The molecule has 1 aromatic heterocycles. The molecule has 0 radical (unpaired) electrons. The van der Waals surface area contributed by atoms with Crippen molar-refractivity contribution in [2.24, 2.45) is 0 Å². The number of urea groups is 1. The monoisotopic (exact) mass is 288 g/mol. The Morgan fingerprint density at radius 1 is 1.30 bits per heavy atom. The normalized spacial score (nSPS) is 20.4. The lowest BCUT2D eigenvalue weighted by atomic mass is 9.96. The Morgan fingerprint density at radius 3 is 2.95 bits per heavy atom. The van der Waals surface area contributed by atoms with Crippen LogP contribution in [0.2, 0.25) is 0 Å². The topological polar surface area (TPSA) is 61.4 Å². The van der Waals surface area contributed by atoms with Crippen molar-refractivity contribution in [3.05, 3.63) is 52.9 Å². The first kappa shape index (κ1) is 13.1. The van der Waals surface area contributed by atoms with Gasteiger partial charge in [0.15, 0.2) is 0 Å². The second-order valence-electron chi connectivity index (χ2n) is 4.97. The van der Waals surface area contributed by atoms with Gasteiger partial charge in [0.05, 0.1) is 11.5 Å². The number of carbonyl (C=O) groups is 1. The molecule has 0 spiro atoms. The minimum atomic E-state index is -0.955. The van der Waals surface area contributed by atoms with Crippen molar-refractivity contribution in [3.63, 3.8) is 0 Å². The number of carbonyl (C=O) groups excluding carboxylic acids is 1. The van der Waals surface area contributed by atoms with E-state index in [-0.39, 0.29) is 12.6 Å². The molecule has 0 fully saturated rings. The lowest BCUT2D eigenvalue weighted by molar-refractivity contribution is 0.0417. The van der Waals surface area contributed by atoms with Crippen molar-refractivity contribution in [2.45, 2.75) is 18.4 Å². The van der Waals surface area contributed by atoms with Crippen LogP contribution in [0.25, 0.3) is 0 Å². The predicted molar refractivity (Wildman–Crippen MR) is 80.0 cm³/mol. The van der Waals surface area contributed by atoms with Crippen molar-refractivity contribution in [1.29, 1.82) is 0 Å². The lowest BCUT2D eigenvalue weighted by Crippen LogP contribution is -2.41. The summed E-state index contributed by atoms with van der Waals surface area (Å²) in [6.07, 6.45) is 1.49. The number of hydrogen-bond acceptors (Lipinski definition) is 3. The highest BCUT2D eigenvalue weighted by atomic mass is 32.1. The van der Waals surface area contributed by atoms with Gasteiger partial charge >= 0.3 is 6.03 Å². The average molecular weight is 288 g/mol. The van der Waals surface area contributed by atoms with Crippen LogP contribution >= 0.6 is 11.3 Å². The smallest absolute Gasteiger partial charge is 0.319 e. The van der Waals surface area contributed by atoms with Gasteiger partial charge in [-0.3, -0.25) is 5.32 Å². The van der Waals surface area contributed by atoms with E-state index in [1.807, 2.05) is 41.8 Å². The second-order valence-corrected chi connectivity index (χ2v) is 5.92. The van der Waals surface area contributed by atoms with E-state index in [0.29, 0.717) is 6.42 Å². The summed E-state index contributed by atoms with van der Waals surface area (Å²) in [6.45, 7) is 0.223. The Labute approximate surface area is 121 Å². The summed E-state index contributed by atoms with van der Waals surface area (Å²) < 4.78 is 0. The van der Waals surface area contributed by atoms with E-state index in [1.54, 1.807) is 0 Å². The summed E-state index contributed by atoms with van der Waals surface area (Å²) in [4.78, 5) is 11.8. The molecular formula is C15H16N2O2S. The minimum Gasteiger partial charge on any atom is -0.383 e. The maximum Gasteiger partial charge on any atom is 0.319 e. The van der Waals surface area contributed by atoms with E-state index >= 15 is 0 Å². The number of anilines is 1. The molecule has 4 nitrogen and oxygen atoms in total. The molecule has 0 unspecified atom stereocenters. The highest BCUT2D eigenvalue weighted by Gasteiger charge is 2.36. The summed E-state index contributed by atoms with van der Waals surface area (Å²) in [6, 6.07) is 11.3. The molecule has 20 heavy (non-hydrogen) atoms. The third-order valence-electron chi connectivity index (χ3n) is 3.63. The first-order valence-corrected chi connectivity index (χ1v) is 7.44. The van der Waals surface area contributed by atoms with Crippen LogP contribution in [0.15, 0.2) is 41.8 Å². The highest BCUT2D eigenvalue weighted by molar-refractivity contribution is 7.14. The van der Waals surface area contributed by atoms with Crippen molar-refractivity contribution in [2.75, 3.05) is 11.9 Å². The summed E-state index contributed by atoms with van der Waals surface area (Å²) in [5, 5.41) is 18.9. The molecule has 3 N–H and O–H groups in total. The van der Waals surface area contributed by atoms with Crippen molar-refractivity contribution in [1.82, 2.24) is 5.32 Å². The number of rotatable bonds is 3. The molecule has 104 valence electrons. The van der Waals surface area contributed by atoms with Crippen LogP contribution < -0.4 is 10.6 Å². The Kier molecular flexibility index (Phi) is 3.46. The van der Waals surface area contributed by atoms with Crippen LogP contribution in [0, 0.1) is 0 Å². The number of benzene rings is 1. The fourth-order valence-corrected chi connectivity index (χ4v) is 3.20. The minimum absolute atomic E-state index is 0.223. The summed E-state index contributed by atoms with van der Waals surface area (Å²) in [5.74, 6) is 0. The van der Waals surface area contributed by atoms with Gasteiger partial charge in [-0.2, -0.15) is 0 Å². The summed E-state index contributed by atoms with van der Waals surface area (Å²) in [5.41, 5.74) is 1.13. The third kappa shape index (κ3) is 2.55. The largest absolute Gasteiger partial charge is 0.383 e. The Hall–Kier alpha value is -1.85. The fourth-order valence-electron chi connectivity index (χ4n) is 2.58. The maximum atomic E-state index is 11.8. The second kappa shape index (κ2) is 5.26. The van der Waals surface area contributed by atoms with Gasteiger partial charge in [-0.15, -0.1) is 11.3 Å². The first-order valence-electron chi connectivity index (χ1n) is 6.56. The van der Waals surface area contributed by atoms with E-state index in [9.17, 15) is 9.90 Å². The zero-order chi connectivity index (χ0) is 14.0. The standard InChI is InChI=1S/C15H16N2O2S/c18-14(17-13-6-3-9-20-13)16-10-15(19)8-7-11-4-1-2-5-12(11)15/h1-6,9,19H,7-8,10H2,(H2,16,17,18)/t15-/m0/s1. The molecule has 2 aromatic rings. The third-order valence-corrected chi connectivity index (χ3v) is 4.41. The van der Waals surface area contributed by atoms with Crippen LogP contribution in [-0.4, -0.2) is 17.7 Å². The molecule has 0 aliphatic heterocycles. The molecular weight excluding hydrogens is 272 g/mol. The van der Waals surface area contributed by atoms with Gasteiger partial charge in [-0.05, 0) is 41.5 Å². The fraction of sp³-hybridized carbons (Fsp3) is 0.267. The van der Waals surface area contributed by atoms with Crippen LogP contribution in [0.3, 0.4) is 0 Å². The molecule has 2 amide bonds. The Balaban J connectivity index is 1.62. The number of aliphatic hydroxyl groups is 1. The number of amides is 2. The maximum absolute atomic E-state index is 11.8. The van der Waals surface area contributed by atoms with Gasteiger partial charge in [0.2, 0.25) is 0 Å². The summed E-state index contributed by atoms with van der Waals surface area (Å²) >= 11 is 1.46. The highest BCUT2D eigenvalue weighted by Crippen LogP contribution is 2.36. The van der Waals surface area contributed by atoms with E-state index in [1.165, 1.54) is 11.3 Å². The van der Waals surface area contributed by atoms with E-state index in [4.69, 9.17) is 0 Å². The first-order chi connectivity index (χ1) is 9.67. The van der Waals surface area contributed by atoms with Crippen molar-refractivity contribution < 1.29 is 9.90 Å². The molecule has 5 heteroatoms. The van der Waals surface area contributed by atoms with Gasteiger partial charge in [0.25, 0.3) is 0 Å². The van der Waals surface area contributed by atoms with E-state index < -0.39 is 5.60 Å². The average Bonchev–Trinajstić information content (AvgIpc) is 3.07. The molecule has 1 aliphatic rings. The molecule has 1 aromatic carbocycles. The van der Waals surface area contributed by atoms with Gasteiger partial charge in [-0.1, -0.05) is 24.3 Å². The van der Waals surface area contributed by atoms with Crippen LogP contribution in [0.5, 0.6) is 0 Å². The van der Waals surface area contributed by atoms with E-state index in [0.717, 1.165) is 22.5 Å². The molecule has 0 saturated heterocycles. The molecule has 0 saturated carbocycles. The lowest BCUT2D eigenvalue weighted by Gasteiger charge is -2.24. The molecule has 1 atom stereocenters. The van der Waals surface area contributed by atoms with Crippen LogP contribution in [-0.2, 0) is 12.0 Å². The number of nitrogens with one attached hydrogen (secondary N) is 2. The molecule has 0 bridgehead atoms. The molecule has 3 rings (SSSR count). The number of hydrogen-bond donors (Lipinski definition) is 3. The van der Waals surface area contributed by atoms with Gasteiger partial charge in [0.1, 0.15) is 5.60 Å². The van der Waals surface area contributed by atoms with Gasteiger partial charge in [0, 0.05) is 0 Å². The molecule has 1 aliphatic carbocycles. The van der Waals surface area contributed by atoms with Crippen LogP contribution in [0.1, 0.15) is 17.5 Å².